The van der Waals surface area contributed by atoms with Crippen molar-refractivity contribution in [2.45, 2.75) is 31.0 Å². The zero-order valence-electron chi connectivity index (χ0n) is 16.9. The van der Waals surface area contributed by atoms with Crippen LogP contribution in [-0.4, -0.2) is 42.4 Å². The third-order valence-corrected chi connectivity index (χ3v) is 5.67. The number of benzene rings is 2. The summed E-state index contributed by atoms with van der Waals surface area (Å²) in [6.07, 6.45) is -2.53. The summed E-state index contributed by atoms with van der Waals surface area (Å²) in [6, 6.07) is 11.7. The largest absolute Gasteiger partial charge is 0.497 e. The van der Waals surface area contributed by atoms with Gasteiger partial charge in [-0.3, -0.25) is 0 Å². The number of methoxy groups -OCH3 is 1. The molecule has 1 fully saturated rings. The van der Waals surface area contributed by atoms with Gasteiger partial charge < -0.3 is 19.8 Å². The van der Waals surface area contributed by atoms with Crippen LogP contribution in [0.1, 0.15) is 30.4 Å². The average Bonchev–Trinajstić information content (AvgIpc) is 3.17. The van der Waals surface area contributed by atoms with Gasteiger partial charge in [-0.1, -0.05) is 17.3 Å². The fraction of sp³-hybridized carbons (Fsp3) is 0.364. The van der Waals surface area contributed by atoms with Crippen molar-refractivity contribution in [1.29, 1.82) is 0 Å². The van der Waals surface area contributed by atoms with Crippen LogP contribution in [0.5, 0.6) is 5.75 Å². The molecule has 2 aliphatic heterocycles. The highest BCUT2D eigenvalue weighted by atomic mass is 19.4. The summed E-state index contributed by atoms with van der Waals surface area (Å²) in [5.74, 6) is 0.746. The third kappa shape index (κ3) is 4.60. The van der Waals surface area contributed by atoms with Gasteiger partial charge >= 0.3 is 12.2 Å². The molecule has 0 atom stereocenters. The lowest BCUT2D eigenvalue weighted by Crippen LogP contribution is -2.48. The summed E-state index contributed by atoms with van der Waals surface area (Å²) in [6.45, 7) is 0.931. The van der Waals surface area contributed by atoms with Crippen molar-refractivity contribution in [3.05, 3.63) is 59.7 Å². The van der Waals surface area contributed by atoms with Gasteiger partial charge in [0, 0.05) is 43.6 Å². The Morgan fingerprint density at radius 3 is 2.52 bits per heavy atom. The Hall–Kier alpha value is -3.23. The van der Waals surface area contributed by atoms with E-state index in [2.05, 4.69) is 10.5 Å². The number of anilines is 1. The van der Waals surface area contributed by atoms with Gasteiger partial charge in [-0.15, -0.1) is 0 Å². The van der Waals surface area contributed by atoms with Crippen LogP contribution >= 0.6 is 0 Å². The lowest BCUT2D eigenvalue weighted by atomic mass is 9.85. The predicted molar refractivity (Wildman–Crippen MR) is 109 cm³/mol. The zero-order valence-corrected chi connectivity index (χ0v) is 16.9. The van der Waals surface area contributed by atoms with E-state index < -0.39 is 17.3 Å². The van der Waals surface area contributed by atoms with Crippen LogP contribution in [0.3, 0.4) is 0 Å². The molecule has 2 aromatic rings. The van der Waals surface area contributed by atoms with E-state index in [1.54, 1.807) is 12.0 Å². The second kappa shape index (κ2) is 8.13. The molecule has 2 amide bonds. The van der Waals surface area contributed by atoms with Crippen molar-refractivity contribution < 1.29 is 27.5 Å². The molecular formula is C22H22F3N3O3. The number of hydrogen-bond acceptors (Lipinski definition) is 4. The number of alkyl halides is 3. The molecule has 0 bridgehead atoms. The van der Waals surface area contributed by atoms with Crippen molar-refractivity contribution >= 4 is 17.4 Å². The van der Waals surface area contributed by atoms with E-state index in [1.807, 2.05) is 24.3 Å². The first kappa shape index (κ1) is 21.0. The first-order chi connectivity index (χ1) is 14.8. The lowest BCUT2D eigenvalue weighted by molar-refractivity contribution is -0.137. The molecule has 9 heteroatoms. The van der Waals surface area contributed by atoms with Gasteiger partial charge in [0.05, 0.1) is 18.4 Å². The maximum Gasteiger partial charge on any atom is 0.416 e. The van der Waals surface area contributed by atoms with E-state index in [4.69, 9.17) is 9.57 Å². The number of urea groups is 1. The first-order valence-electron chi connectivity index (χ1n) is 9.91. The molecule has 2 aliphatic rings. The number of carbonyl (C=O) groups excluding carboxylic acids is 1. The Kier molecular flexibility index (Phi) is 5.51. The fourth-order valence-corrected chi connectivity index (χ4v) is 3.81. The number of likely N-dealkylation sites (tertiary alicyclic amines) is 1. The molecule has 0 aromatic heterocycles. The number of nitrogens with one attached hydrogen (secondary N) is 1. The number of halogens is 3. The first-order valence-corrected chi connectivity index (χ1v) is 9.91. The van der Waals surface area contributed by atoms with Crippen molar-refractivity contribution in [3.8, 4) is 5.75 Å². The molecule has 0 radical (unpaired) electrons. The molecule has 0 unspecified atom stereocenters. The Labute approximate surface area is 177 Å². The van der Waals surface area contributed by atoms with Gasteiger partial charge in [0.1, 0.15) is 11.4 Å². The predicted octanol–water partition coefficient (Wildman–Crippen LogP) is 4.91. The fourth-order valence-electron chi connectivity index (χ4n) is 3.81. The van der Waals surface area contributed by atoms with Crippen LogP contribution in [0.25, 0.3) is 0 Å². The van der Waals surface area contributed by atoms with E-state index in [0.29, 0.717) is 38.0 Å². The maximum absolute atomic E-state index is 12.7. The Balaban J connectivity index is 1.32. The van der Waals surface area contributed by atoms with Crippen LogP contribution in [0.15, 0.2) is 53.7 Å². The highest BCUT2D eigenvalue weighted by Gasteiger charge is 2.43. The number of oxime groups is 1. The van der Waals surface area contributed by atoms with Gasteiger partial charge in [-0.2, -0.15) is 13.2 Å². The Morgan fingerprint density at radius 2 is 1.87 bits per heavy atom. The van der Waals surface area contributed by atoms with E-state index in [0.717, 1.165) is 29.2 Å². The topological polar surface area (TPSA) is 63.2 Å². The number of carbonyl (C=O) groups is 1. The van der Waals surface area contributed by atoms with Crippen LogP contribution in [-0.2, 0) is 11.0 Å². The highest BCUT2D eigenvalue weighted by Crippen LogP contribution is 2.37. The van der Waals surface area contributed by atoms with Crippen LogP contribution in [0.4, 0.5) is 23.7 Å². The SMILES string of the molecule is COc1cccc(C2=NOC3(CCN(C(=O)Nc4ccc(C(F)(F)F)cc4)CC3)C2)c1. The molecule has 4 rings (SSSR count). The van der Waals surface area contributed by atoms with E-state index >= 15 is 0 Å². The molecule has 2 heterocycles. The number of piperidine rings is 1. The second-order valence-corrected chi connectivity index (χ2v) is 7.71. The van der Waals surface area contributed by atoms with Gasteiger partial charge in [0.25, 0.3) is 0 Å². The molecule has 1 N–H and O–H groups in total. The minimum Gasteiger partial charge on any atom is -0.497 e. The maximum atomic E-state index is 12.7. The van der Waals surface area contributed by atoms with Crippen molar-refractivity contribution in [2.75, 3.05) is 25.5 Å². The monoisotopic (exact) mass is 433 g/mol. The molecule has 164 valence electrons. The van der Waals surface area contributed by atoms with Gasteiger partial charge in [0.15, 0.2) is 0 Å². The molecule has 0 saturated carbocycles. The van der Waals surface area contributed by atoms with Crippen LogP contribution in [0.2, 0.25) is 0 Å². The second-order valence-electron chi connectivity index (χ2n) is 7.71. The summed E-state index contributed by atoms with van der Waals surface area (Å²) >= 11 is 0. The number of rotatable bonds is 3. The molecule has 1 saturated heterocycles. The summed E-state index contributed by atoms with van der Waals surface area (Å²) in [7, 11) is 1.61. The van der Waals surface area contributed by atoms with Crippen molar-refractivity contribution in [2.24, 2.45) is 5.16 Å². The smallest absolute Gasteiger partial charge is 0.416 e. The normalized spacial score (nSPS) is 17.8. The number of ether oxygens (including phenoxy) is 1. The number of hydrogen-bond donors (Lipinski definition) is 1. The van der Waals surface area contributed by atoms with E-state index in [1.165, 1.54) is 12.1 Å². The molecule has 0 aliphatic carbocycles. The molecule has 2 aromatic carbocycles. The highest BCUT2D eigenvalue weighted by molar-refractivity contribution is 6.02. The van der Waals surface area contributed by atoms with Crippen LogP contribution < -0.4 is 10.1 Å². The summed E-state index contributed by atoms with van der Waals surface area (Å²) in [5, 5.41) is 6.93. The van der Waals surface area contributed by atoms with E-state index in [-0.39, 0.29) is 6.03 Å². The van der Waals surface area contributed by atoms with Gasteiger partial charge in [0.2, 0.25) is 0 Å². The molecular weight excluding hydrogens is 411 g/mol. The standard InChI is InChI=1S/C22H22F3N3O3/c1-30-18-4-2-3-15(13-18)19-14-21(31-27-19)9-11-28(12-10-21)20(29)26-17-7-5-16(6-8-17)22(23,24)25/h2-8,13H,9-12,14H2,1H3,(H,26,29). The Bertz CT molecular complexity index is 981. The minimum atomic E-state index is -4.41. The summed E-state index contributed by atoms with van der Waals surface area (Å²) in [4.78, 5) is 19.9. The average molecular weight is 433 g/mol. The number of amides is 2. The quantitative estimate of drug-likeness (QED) is 0.749. The van der Waals surface area contributed by atoms with Gasteiger partial charge in [-0.05, 0) is 36.4 Å². The van der Waals surface area contributed by atoms with E-state index in [9.17, 15) is 18.0 Å². The van der Waals surface area contributed by atoms with Crippen LogP contribution in [0, 0.1) is 0 Å². The summed E-state index contributed by atoms with van der Waals surface area (Å²) in [5.41, 5.74) is 0.916. The Morgan fingerprint density at radius 1 is 1.16 bits per heavy atom. The van der Waals surface area contributed by atoms with Crippen molar-refractivity contribution in [3.63, 3.8) is 0 Å². The lowest BCUT2D eigenvalue weighted by Gasteiger charge is -2.37. The number of nitrogens with zero attached hydrogens (tertiary/aromatic N) is 2. The molecule has 1 spiro atoms. The minimum absolute atomic E-state index is 0.319. The van der Waals surface area contributed by atoms with Crippen molar-refractivity contribution in [1.82, 2.24) is 4.90 Å². The zero-order chi connectivity index (χ0) is 22.1. The van der Waals surface area contributed by atoms with Gasteiger partial charge in [-0.25, -0.2) is 4.79 Å². The summed E-state index contributed by atoms with van der Waals surface area (Å²) < 4.78 is 43.3. The third-order valence-electron chi connectivity index (χ3n) is 5.67. The molecule has 6 nitrogen and oxygen atoms in total. The molecule has 31 heavy (non-hydrogen) atoms.